The number of hydrogen-bond acceptors (Lipinski definition) is 4. The molecule has 176 valence electrons. The first-order valence-corrected chi connectivity index (χ1v) is 13.5. The van der Waals surface area contributed by atoms with E-state index in [4.69, 9.17) is 27.9 Å². The van der Waals surface area contributed by atoms with Crippen LogP contribution in [0.15, 0.2) is 47.4 Å². The molecule has 0 aromatic heterocycles. The molecule has 0 amide bonds. The molecule has 1 aliphatic heterocycles. The van der Waals surface area contributed by atoms with Crippen LogP contribution in [-0.2, 0) is 10.0 Å². The van der Waals surface area contributed by atoms with E-state index in [9.17, 15) is 8.42 Å². The summed E-state index contributed by atoms with van der Waals surface area (Å²) in [5, 5.41) is 1.20. The average molecular weight is 500 g/mol. The molecule has 3 rings (SSSR count). The van der Waals surface area contributed by atoms with Gasteiger partial charge < -0.3 is 9.64 Å². The van der Waals surface area contributed by atoms with E-state index >= 15 is 0 Å². The molecule has 0 radical (unpaired) electrons. The quantitative estimate of drug-likeness (QED) is 0.402. The molecule has 0 unspecified atom stereocenters. The van der Waals surface area contributed by atoms with Crippen molar-refractivity contribution in [2.45, 2.75) is 49.8 Å². The molecule has 1 N–H and O–H groups in total. The fraction of sp³-hybridized carbons (Fsp3) is 0.500. The second-order valence-corrected chi connectivity index (χ2v) is 10.8. The third-order valence-electron chi connectivity index (χ3n) is 5.85. The number of ether oxygens (including phenoxy) is 1. The predicted molar refractivity (Wildman–Crippen MR) is 132 cm³/mol. The fourth-order valence-electron chi connectivity index (χ4n) is 3.90. The summed E-state index contributed by atoms with van der Waals surface area (Å²) in [6.45, 7) is 6.04. The lowest BCUT2D eigenvalue weighted by Gasteiger charge is -2.32. The summed E-state index contributed by atoms with van der Waals surface area (Å²) >= 11 is 12.2. The van der Waals surface area contributed by atoms with Gasteiger partial charge in [0.15, 0.2) is 0 Å². The third kappa shape index (κ3) is 7.35. The first-order valence-electron chi connectivity index (χ1n) is 11.3. The van der Waals surface area contributed by atoms with E-state index in [-0.39, 0.29) is 4.90 Å². The summed E-state index contributed by atoms with van der Waals surface area (Å²) in [5.41, 5.74) is 1.24. The summed E-state index contributed by atoms with van der Waals surface area (Å²) in [7, 11) is -3.50. The lowest BCUT2D eigenvalue weighted by atomic mass is 9.89. The summed E-state index contributed by atoms with van der Waals surface area (Å²) in [4.78, 5) is 2.66. The molecule has 0 bridgehead atoms. The normalized spacial score (nSPS) is 15.7. The molecule has 1 aliphatic rings. The number of nitrogens with zero attached hydrogens (tertiary/aromatic N) is 1. The first kappa shape index (κ1) is 25.3. The Labute approximate surface area is 202 Å². The SMILES string of the molecule is CCCCOc1ccc(S(=O)(=O)NCCCN2CCC(c3ccc(Cl)c(Cl)c3)CC2)cc1. The van der Waals surface area contributed by atoms with Gasteiger partial charge in [-0.25, -0.2) is 13.1 Å². The van der Waals surface area contributed by atoms with Crippen LogP contribution in [0.4, 0.5) is 0 Å². The molecule has 0 spiro atoms. The molecular formula is C24H32Cl2N2O3S. The molecule has 1 heterocycles. The van der Waals surface area contributed by atoms with Crippen LogP contribution in [0.2, 0.25) is 10.0 Å². The van der Waals surface area contributed by atoms with Crippen LogP contribution in [0, 0.1) is 0 Å². The van der Waals surface area contributed by atoms with E-state index in [1.54, 1.807) is 24.3 Å². The van der Waals surface area contributed by atoms with Gasteiger partial charge >= 0.3 is 0 Å². The molecule has 1 saturated heterocycles. The van der Waals surface area contributed by atoms with E-state index in [0.717, 1.165) is 51.7 Å². The van der Waals surface area contributed by atoms with Crippen molar-refractivity contribution in [1.82, 2.24) is 9.62 Å². The van der Waals surface area contributed by atoms with Crippen molar-refractivity contribution >= 4 is 33.2 Å². The summed E-state index contributed by atoms with van der Waals surface area (Å²) < 4.78 is 33.3. The molecule has 32 heavy (non-hydrogen) atoms. The number of rotatable bonds is 11. The second-order valence-electron chi connectivity index (χ2n) is 8.21. The van der Waals surface area contributed by atoms with Gasteiger partial charge in [0.2, 0.25) is 10.0 Å². The number of halogens is 2. The highest BCUT2D eigenvalue weighted by Crippen LogP contribution is 2.32. The zero-order valence-corrected chi connectivity index (χ0v) is 20.9. The lowest BCUT2D eigenvalue weighted by molar-refractivity contribution is 0.210. The third-order valence-corrected chi connectivity index (χ3v) is 8.06. The van der Waals surface area contributed by atoms with E-state index < -0.39 is 10.0 Å². The van der Waals surface area contributed by atoms with Gasteiger partial charge in [0.05, 0.1) is 21.5 Å². The highest BCUT2D eigenvalue weighted by atomic mass is 35.5. The Kier molecular flexibility index (Phi) is 9.68. The van der Waals surface area contributed by atoms with Gasteiger partial charge in [-0.2, -0.15) is 0 Å². The van der Waals surface area contributed by atoms with Gasteiger partial charge in [0.25, 0.3) is 0 Å². The van der Waals surface area contributed by atoms with Gasteiger partial charge in [0.1, 0.15) is 5.75 Å². The van der Waals surface area contributed by atoms with Crippen LogP contribution in [0.25, 0.3) is 0 Å². The van der Waals surface area contributed by atoms with Gasteiger partial charge in [-0.1, -0.05) is 42.6 Å². The minimum Gasteiger partial charge on any atom is -0.494 e. The largest absolute Gasteiger partial charge is 0.494 e. The lowest BCUT2D eigenvalue weighted by Crippen LogP contribution is -2.35. The number of likely N-dealkylation sites (tertiary alicyclic amines) is 1. The van der Waals surface area contributed by atoms with Crippen LogP contribution in [0.3, 0.4) is 0 Å². The van der Waals surface area contributed by atoms with Crippen molar-refractivity contribution in [3.8, 4) is 5.75 Å². The standard InChI is InChI=1S/C24H32Cl2N2O3S/c1-2-3-17-31-21-6-8-22(9-7-21)32(29,30)27-13-4-14-28-15-11-19(12-16-28)20-5-10-23(25)24(26)18-20/h5-10,18-19,27H,2-4,11-17H2,1H3. The van der Waals surface area contributed by atoms with Crippen molar-refractivity contribution in [2.24, 2.45) is 0 Å². The van der Waals surface area contributed by atoms with E-state index in [2.05, 4.69) is 22.6 Å². The zero-order valence-electron chi connectivity index (χ0n) is 18.5. The van der Waals surface area contributed by atoms with E-state index in [1.807, 2.05) is 12.1 Å². The Bertz CT molecular complexity index is 960. The van der Waals surface area contributed by atoms with Crippen LogP contribution in [0.5, 0.6) is 5.75 Å². The smallest absolute Gasteiger partial charge is 0.240 e. The number of nitrogens with one attached hydrogen (secondary N) is 1. The van der Waals surface area contributed by atoms with Gasteiger partial charge in [-0.3, -0.25) is 0 Å². The number of benzene rings is 2. The first-order chi connectivity index (χ1) is 15.4. The Morgan fingerprint density at radius 1 is 1.03 bits per heavy atom. The maximum Gasteiger partial charge on any atom is 0.240 e. The van der Waals surface area contributed by atoms with Gasteiger partial charge in [-0.15, -0.1) is 0 Å². The number of piperidine rings is 1. The van der Waals surface area contributed by atoms with Gasteiger partial charge in [-0.05, 0) is 93.2 Å². The molecule has 2 aromatic rings. The molecule has 0 aliphatic carbocycles. The Balaban J connectivity index is 1.38. The molecular weight excluding hydrogens is 467 g/mol. The van der Waals surface area contributed by atoms with Crippen molar-refractivity contribution in [3.05, 3.63) is 58.1 Å². The van der Waals surface area contributed by atoms with Crippen LogP contribution in [-0.4, -0.2) is 46.1 Å². The van der Waals surface area contributed by atoms with Crippen LogP contribution < -0.4 is 9.46 Å². The Morgan fingerprint density at radius 2 is 1.75 bits per heavy atom. The molecule has 0 saturated carbocycles. The van der Waals surface area contributed by atoms with E-state index in [1.165, 1.54) is 5.56 Å². The summed E-state index contributed by atoms with van der Waals surface area (Å²) in [6.07, 6.45) is 4.95. The summed E-state index contributed by atoms with van der Waals surface area (Å²) in [6, 6.07) is 12.5. The number of sulfonamides is 1. The molecule has 2 aromatic carbocycles. The molecule has 1 fully saturated rings. The zero-order chi connectivity index (χ0) is 23.0. The van der Waals surface area contributed by atoms with Crippen LogP contribution >= 0.6 is 23.2 Å². The van der Waals surface area contributed by atoms with Crippen molar-refractivity contribution in [1.29, 1.82) is 0 Å². The maximum atomic E-state index is 12.5. The Hall–Kier alpha value is -1.31. The molecule has 5 nitrogen and oxygen atoms in total. The topological polar surface area (TPSA) is 58.6 Å². The van der Waals surface area contributed by atoms with Crippen molar-refractivity contribution in [2.75, 3.05) is 32.8 Å². The highest BCUT2D eigenvalue weighted by molar-refractivity contribution is 7.89. The second kappa shape index (κ2) is 12.2. The molecule has 8 heteroatoms. The van der Waals surface area contributed by atoms with E-state index in [0.29, 0.717) is 34.9 Å². The monoisotopic (exact) mass is 498 g/mol. The highest BCUT2D eigenvalue weighted by Gasteiger charge is 2.21. The fourth-order valence-corrected chi connectivity index (χ4v) is 5.28. The maximum absolute atomic E-state index is 12.5. The summed E-state index contributed by atoms with van der Waals surface area (Å²) in [5.74, 6) is 1.19. The van der Waals surface area contributed by atoms with Crippen molar-refractivity contribution in [3.63, 3.8) is 0 Å². The Morgan fingerprint density at radius 3 is 2.41 bits per heavy atom. The minimum absolute atomic E-state index is 0.266. The predicted octanol–water partition coefficient (Wildman–Crippen LogP) is 5.72. The molecule has 0 atom stereocenters. The minimum atomic E-state index is -3.50. The number of unbranched alkanes of at least 4 members (excludes halogenated alkanes) is 1. The van der Waals surface area contributed by atoms with Gasteiger partial charge in [0, 0.05) is 6.54 Å². The average Bonchev–Trinajstić information content (AvgIpc) is 2.79. The van der Waals surface area contributed by atoms with Crippen molar-refractivity contribution < 1.29 is 13.2 Å². The van der Waals surface area contributed by atoms with Crippen LogP contribution in [0.1, 0.15) is 50.5 Å². The number of hydrogen-bond donors (Lipinski definition) is 1.